The van der Waals surface area contributed by atoms with E-state index in [9.17, 15) is 14.4 Å². The molecule has 136 valence electrons. The van der Waals surface area contributed by atoms with Gasteiger partial charge in [0.25, 0.3) is 11.8 Å². The summed E-state index contributed by atoms with van der Waals surface area (Å²) >= 11 is 0. The topological polar surface area (TPSA) is 155 Å². The van der Waals surface area contributed by atoms with Gasteiger partial charge in [0.1, 0.15) is 6.04 Å². The Hall–Kier alpha value is -2.16. The van der Waals surface area contributed by atoms with Gasteiger partial charge in [-0.15, -0.1) is 0 Å². The van der Waals surface area contributed by atoms with Crippen LogP contribution in [0.2, 0.25) is 0 Å². The van der Waals surface area contributed by atoms with Crippen LogP contribution in [0.15, 0.2) is 0 Å². The van der Waals surface area contributed by atoms with E-state index >= 15 is 0 Å². The minimum absolute atomic E-state index is 0.0680. The SMILES string of the molecule is CC(C)C[C@@H](C(N)=O)N1C(=O)[C@H]2O[C@@H]2C1=O.CCCCNC(=N)N. The van der Waals surface area contributed by atoms with E-state index in [-0.39, 0.29) is 11.9 Å². The molecule has 0 bridgehead atoms. The zero-order valence-electron chi connectivity index (χ0n) is 14.4. The number of likely N-dealkylation sites (tertiary alicyclic amines) is 1. The van der Waals surface area contributed by atoms with E-state index in [1.54, 1.807) is 0 Å². The first-order valence-electron chi connectivity index (χ1n) is 8.10. The zero-order chi connectivity index (χ0) is 18.4. The number of nitrogens with zero attached hydrogens (tertiary/aromatic N) is 1. The maximum absolute atomic E-state index is 11.7. The summed E-state index contributed by atoms with van der Waals surface area (Å²) in [5.41, 5.74) is 10.2. The van der Waals surface area contributed by atoms with Gasteiger partial charge in [-0.3, -0.25) is 24.7 Å². The van der Waals surface area contributed by atoms with Gasteiger partial charge >= 0.3 is 0 Å². The molecule has 2 heterocycles. The van der Waals surface area contributed by atoms with Crippen molar-refractivity contribution in [1.82, 2.24) is 10.2 Å². The van der Waals surface area contributed by atoms with Crippen LogP contribution in [0.25, 0.3) is 0 Å². The molecular weight excluding hydrogens is 314 g/mol. The van der Waals surface area contributed by atoms with Crippen LogP contribution < -0.4 is 16.8 Å². The maximum Gasteiger partial charge on any atom is 0.262 e. The fraction of sp³-hybridized carbons (Fsp3) is 0.733. The standard InChI is InChI=1S/C10H14N2O4.C5H13N3/c1-4(2)3-5(8(11)13)12-9(14)6-7(16-6)10(12)15;1-2-3-4-8-5(6)7/h4-7H,3H2,1-2H3,(H2,11,13);2-4H2,1H3,(H4,6,7,8)/t5-,6-,7-;/m0./s1. The van der Waals surface area contributed by atoms with Gasteiger partial charge in [0, 0.05) is 6.54 Å². The van der Waals surface area contributed by atoms with E-state index in [2.05, 4.69) is 12.2 Å². The van der Waals surface area contributed by atoms with E-state index in [1.807, 2.05) is 13.8 Å². The molecule has 0 saturated carbocycles. The summed E-state index contributed by atoms with van der Waals surface area (Å²) in [7, 11) is 0. The number of ether oxygens (including phenoxy) is 1. The highest BCUT2D eigenvalue weighted by Crippen LogP contribution is 2.35. The number of fused-ring (bicyclic) bond motifs is 1. The highest BCUT2D eigenvalue weighted by Gasteiger charge is 2.63. The summed E-state index contributed by atoms with van der Waals surface area (Å²) in [4.78, 5) is 35.6. The van der Waals surface area contributed by atoms with Crippen LogP contribution in [0, 0.1) is 11.3 Å². The normalized spacial score (nSPS) is 22.6. The second kappa shape index (κ2) is 8.62. The first kappa shape index (κ1) is 19.9. The Morgan fingerprint density at radius 1 is 1.29 bits per heavy atom. The van der Waals surface area contributed by atoms with Gasteiger partial charge in [-0.05, 0) is 18.8 Å². The van der Waals surface area contributed by atoms with Crippen LogP contribution in [0.4, 0.5) is 0 Å². The second-order valence-electron chi connectivity index (χ2n) is 6.27. The van der Waals surface area contributed by atoms with Crippen LogP contribution in [0.5, 0.6) is 0 Å². The number of epoxide rings is 1. The van der Waals surface area contributed by atoms with Crippen LogP contribution in [0.1, 0.15) is 40.0 Å². The molecule has 0 radical (unpaired) electrons. The molecule has 6 N–H and O–H groups in total. The molecule has 3 amide bonds. The fourth-order valence-electron chi connectivity index (χ4n) is 2.37. The van der Waals surface area contributed by atoms with Crippen molar-refractivity contribution in [3.8, 4) is 0 Å². The molecule has 0 aromatic carbocycles. The van der Waals surface area contributed by atoms with E-state index in [0.29, 0.717) is 6.42 Å². The van der Waals surface area contributed by atoms with E-state index in [1.165, 1.54) is 0 Å². The molecule has 0 aliphatic carbocycles. The average molecular weight is 341 g/mol. The number of imide groups is 1. The lowest BCUT2D eigenvalue weighted by atomic mass is 10.0. The van der Waals surface area contributed by atoms with Gasteiger partial charge in [-0.2, -0.15) is 0 Å². The van der Waals surface area contributed by atoms with Gasteiger partial charge in [0.15, 0.2) is 18.2 Å². The van der Waals surface area contributed by atoms with Crippen molar-refractivity contribution >= 4 is 23.7 Å². The Balaban J connectivity index is 0.000000307. The van der Waals surface area contributed by atoms with Crippen LogP contribution in [0.3, 0.4) is 0 Å². The quantitative estimate of drug-likeness (QED) is 0.158. The third kappa shape index (κ3) is 5.19. The third-order valence-corrected chi connectivity index (χ3v) is 3.63. The lowest BCUT2D eigenvalue weighted by Gasteiger charge is -2.25. The Bertz CT molecular complexity index is 488. The highest BCUT2D eigenvalue weighted by molar-refractivity contribution is 6.13. The van der Waals surface area contributed by atoms with E-state index in [4.69, 9.17) is 21.6 Å². The molecule has 9 heteroatoms. The number of rotatable bonds is 7. The number of amides is 3. The van der Waals surface area contributed by atoms with Gasteiger partial charge in [-0.1, -0.05) is 27.2 Å². The largest absolute Gasteiger partial charge is 0.370 e. The number of guanidine groups is 1. The Morgan fingerprint density at radius 2 is 1.83 bits per heavy atom. The van der Waals surface area contributed by atoms with Gasteiger partial charge < -0.3 is 21.5 Å². The van der Waals surface area contributed by atoms with Crippen LogP contribution in [-0.2, 0) is 19.1 Å². The van der Waals surface area contributed by atoms with Gasteiger partial charge in [0.2, 0.25) is 5.91 Å². The molecule has 24 heavy (non-hydrogen) atoms. The van der Waals surface area contributed by atoms with Crippen molar-refractivity contribution in [3.63, 3.8) is 0 Å². The summed E-state index contributed by atoms with van der Waals surface area (Å²) in [5.74, 6) is -1.26. The minimum Gasteiger partial charge on any atom is -0.370 e. The lowest BCUT2D eigenvalue weighted by molar-refractivity contribution is -0.151. The number of carbonyl (C=O) groups excluding carboxylic acids is 3. The second-order valence-corrected chi connectivity index (χ2v) is 6.27. The smallest absolute Gasteiger partial charge is 0.262 e. The number of hydrogen-bond donors (Lipinski definition) is 4. The highest BCUT2D eigenvalue weighted by atomic mass is 16.6. The number of carbonyl (C=O) groups is 3. The zero-order valence-corrected chi connectivity index (χ0v) is 14.4. The number of unbranched alkanes of at least 4 members (excludes halogenated alkanes) is 1. The predicted octanol–water partition coefficient (Wildman–Crippen LogP) is -0.708. The molecule has 0 unspecified atom stereocenters. The summed E-state index contributed by atoms with van der Waals surface area (Å²) in [5, 5.41) is 9.45. The molecular formula is C15H27N5O4. The Labute approximate surface area is 141 Å². The Morgan fingerprint density at radius 3 is 2.21 bits per heavy atom. The molecule has 2 rings (SSSR count). The summed E-state index contributed by atoms with van der Waals surface area (Å²) in [6.07, 6.45) is 1.29. The number of nitrogens with two attached hydrogens (primary N) is 2. The van der Waals surface area contributed by atoms with Crippen molar-refractivity contribution in [1.29, 1.82) is 5.41 Å². The molecule has 2 aliphatic rings. The molecule has 2 fully saturated rings. The summed E-state index contributed by atoms with van der Waals surface area (Å²) < 4.78 is 4.85. The van der Waals surface area contributed by atoms with Gasteiger partial charge in [-0.25, -0.2) is 0 Å². The molecule has 2 saturated heterocycles. The maximum atomic E-state index is 11.7. The molecule has 9 nitrogen and oxygen atoms in total. The lowest BCUT2D eigenvalue weighted by Crippen LogP contribution is -2.50. The van der Waals surface area contributed by atoms with Crippen molar-refractivity contribution in [2.45, 2.75) is 58.3 Å². The van der Waals surface area contributed by atoms with E-state index < -0.39 is 36.0 Å². The van der Waals surface area contributed by atoms with Crippen molar-refractivity contribution in [2.24, 2.45) is 17.4 Å². The first-order chi connectivity index (χ1) is 11.2. The first-order valence-corrected chi connectivity index (χ1v) is 8.10. The number of primary amides is 1. The number of hydrogen-bond acceptors (Lipinski definition) is 5. The molecule has 0 aromatic rings. The summed E-state index contributed by atoms with van der Waals surface area (Å²) in [6.45, 7) is 6.73. The van der Waals surface area contributed by atoms with Crippen LogP contribution in [-0.4, -0.2) is 53.4 Å². The molecule has 2 aliphatic heterocycles. The molecule has 0 spiro atoms. The third-order valence-electron chi connectivity index (χ3n) is 3.63. The minimum atomic E-state index is -0.837. The monoisotopic (exact) mass is 341 g/mol. The van der Waals surface area contributed by atoms with Crippen LogP contribution >= 0.6 is 0 Å². The average Bonchev–Trinajstić information content (AvgIpc) is 3.22. The van der Waals surface area contributed by atoms with Crippen molar-refractivity contribution in [3.05, 3.63) is 0 Å². The Kier molecular flexibility index (Phi) is 7.15. The van der Waals surface area contributed by atoms with Crippen molar-refractivity contribution in [2.75, 3.05) is 6.54 Å². The van der Waals surface area contributed by atoms with E-state index in [0.717, 1.165) is 24.3 Å². The number of morpholine rings is 1. The predicted molar refractivity (Wildman–Crippen MR) is 87.8 cm³/mol. The molecule has 0 aromatic heterocycles. The molecule has 3 atom stereocenters. The van der Waals surface area contributed by atoms with Crippen molar-refractivity contribution < 1.29 is 19.1 Å². The fourth-order valence-corrected chi connectivity index (χ4v) is 2.37. The van der Waals surface area contributed by atoms with Gasteiger partial charge in [0.05, 0.1) is 0 Å². The number of nitrogens with one attached hydrogen (secondary N) is 2. The summed E-state index contributed by atoms with van der Waals surface area (Å²) in [6, 6.07) is -0.837.